The van der Waals surface area contributed by atoms with E-state index < -0.39 is 0 Å². The predicted octanol–water partition coefficient (Wildman–Crippen LogP) is 4.42. The maximum Gasteiger partial charge on any atom is 0.175 e. The summed E-state index contributed by atoms with van der Waals surface area (Å²) in [4.78, 5) is 17.9. The van der Waals surface area contributed by atoms with Gasteiger partial charge in [0.1, 0.15) is 11.1 Å². The molecule has 1 aliphatic rings. The molecule has 0 saturated heterocycles. The van der Waals surface area contributed by atoms with E-state index in [2.05, 4.69) is 34.6 Å². The predicted molar refractivity (Wildman–Crippen MR) is 82.4 cm³/mol. The van der Waals surface area contributed by atoms with Crippen LogP contribution < -0.4 is 0 Å². The lowest BCUT2D eigenvalue weighted by atomic mass is 9.78. The van der Waals surface area contributed by atoms with Crippen molar-refractivity contribution in [2.75, 3.05) is 6.61 Å². The molecule has 112 valence electrons. The van der Waals surface area contributed by atoms with Crippen molar-refractivity contribution in [1.29, 1.82) is 0 Å². The van der Waals surface area contributed by atoms with Gasteiger partial charge in [-0.15, -0.1) is 11.3 Å². The summed E-state index contributed by atoms with van der Waals surface area (Å²) in [6.45, 7) is 13.4. The maximum absolute atomic E-state index is 12.3. The highest BCUT2D eigenvalue weighted by Gasteiger charge is 2.37. The summed E-state index contributed by atoms with van der Waals surface area (Å²) < 4.78 is 5.89. The molecule has 1 heterocycles. The molecule has 0 radical (unpaired) electrons. The molecule has 1 unspecified atom stereocenters. The van der Waals surface area contributed by atoms with Gasteiger partial charge in [0.2, 0.25) is 0 Å². The minimum atomic E-state index is -0.0426. The number of ketones is 1. The van der Waals surface area contributed by atoms with Crippen LogP contribution in [0, 0.1) is 10.8 Å². The second-order valence-corrected chi connectivity index (χ2v) is 8.50. The van der Waals surface area contributed by atoms with Crippen molar-refractivity contribution >= 4 is 17.1 Å². The van der Waals surface area contributed by atoms with E-state index in [1.54, 1.807) is 0 Å². The van der Waals surface area contributed by atoms with Gasteiger partial charge >= 0.3 is 0 Å². The van der Waals surface area contributed by atoms with E-state index >= 15 is 0 Å². The van der Waals surface area contributed by atoms with Gasteiger partial charge in [0, 0.05) is 13.0 Å². The Labute approximate surface area is 125 Å². The number of Topliss-reactive ketones (excluding diaryl/α,β-unsaturated/α-hetero) is 1. The summed E-state index contributed by atoms with van der Waals surface area (Å²) in [5.74, 6) is 0.240. The van der Waals surface area contributed by atoms with E-state index in [0.717, 1.165) is 22.0 Å². The Balaban J connectivity index is 2.39. The van der Waals surface area contributed by atoms with Crippen LogP contribution in [0.15, 0.2) is 0 Å². The van der Waals surface area contributed by atoms with Gasteiger partial charge in [0.25, 0.3) is 0 Å². The smallest absolute Gasteiger partial charge is 0.175 e. The SMILES string of the molecule is CCOC(c1nc2c(s1)C(=O)CC(C)(C)C2)C(C)(C)C. The number of fused-ring (bicyclic) bond motifs is 1. The quantitative estimate of drug-likeness (QED) is 0.828. The van der Waals surface area contributed by atoms with Crippen LogP contribution in [0.2, 0.25) is 0 Å². The summed E-state index contributed by atoms with van der Waals surface area (Å²) in [7, 11) is 0. The molecular weight excluding hydrogens is 270 g/mol. The second-order valence-electron chi connectivity index (χ2n) is 7.47. The molecule has 0 fully saturated rings. The monoisotopic (exact) mass is 295 g/mol. The van der Waals surface area contributed by atoms with Crippen molar-refractivity contribution in [3.8, 4) is 0 Å². The van der Waals surface area contributed by atoms with Crippen LogP contribution in [0.25, 0.3) is 0 Å². The fourth-order valence-electron chi connectivity index (χ4n) is 2.71. The second kappa shape index (κ2) is 5.23. The van der Waals surface area contributed by atoms with Crippen molar-refractivity contribution in [2.45, 2.75) is 60.5 Å². The average molecular weight is 295 g/mol. The van der Waals surface area contributed by atoms with E-state index in [-0.39, 0.29) is 22.7 Å². The van der Waals surface area contributed by atoms with Gasteiger partial charge in [-0.2, -0.15) is 0 Å². The summed E-state index contributed by atoms with van der Waals surface area (Å²) in [6.07, 6.45) is 1.46. The van der Waals surface area contributed by atoms with Crippen LogP contribution in [0.5, 0.6) is 0 Å². The van der Waals surface area contributed by atoms with Crippen molar-refractivity contribution < 1.29 is 9.53 Å². The van der Waals surface area contributed by atoms with E-state index in [0.29, 0.717) is 13.0 Å². The molecule has 20 heavy (non-hydrogen) atoms. The zero-order chi connectivity index (χ0) is 15.1. The molecule has 4 heteroatoms. The van der Waals surface area contributed by atoms with E-state index in [1.165, 1.54) is 11.3 Å². The molecule has 0 amide bonds. The first kappa shape index (κ1) is 15.6. The number of ether oxygens (including phenoxy) is 1. The number of nitrogens with zero attached hydrogens (tertiary/aromatic N) is 1. The van der Waals surface area contributed by atoms with Crippen LogP contribution in [0.3, 0.4) is 0 Å². The Morgan fingerprint density at radius 2 is 2.00 bits per heavy atom. The maximum atomic E-state index is 12.3. The molecule has 1 aromatic rings. The lowest BCUT2D eigenvalue weighted by Crippen LogP contribution is -2.26. The number of thiazole rings is 1. The topological polar surface area (TPSA) is 39.2 Å². The first-order valence-electron chi connectivity index (χ1n) is 7.28. The zero-order valence-electron chi connectivity index (χ0n) is 13.4. The Morgan fingerprint density at radius 1 is 1.35 bits per heavy atom. The molecule has 0 saturated carbocycles. The minimum Gasteiger partial charge on any atom is -0.371 e. The number of rotatable bonds is 3. The van der Waals surface area contributed by atoms with Gasteiger partial charge in [-0.25, -0.2) is 4.98 Å². The third-order valence-corrected chi connectivity index (χ3v) is 4.78. The van der Waals surface area contributed by atoms with Crippen molar-refractivity contribution in [1.82, 2.24) is 4.98 Å². The number of aromatic nitrogens is 1. The van der Waals surface area contributed by atoms with Crippen LogP contribution in [0.1, 0.15) is 74.4 Å². The van der Waals surface area contributed by atoms with Gasteiger partial charge in [-0.3, -0.25) is 4.79 Å². The number of carbonyl (C=O) groups is 1. The summed E-state index contributed by atoms with van der Waals surface area (Å²) in [5.41, 5.74) is 0.980. The molecule has 0 N–H and O–H groups in total. The standard InChI is InChI=1S/C16H25NO2S/c1-7-19-13(15(2,3)4)14-17-10-8-16(5,6)9-11(18)12(10)20-14/h13H,7-9H2,1-6H3. The molecule has 0 aliphatic heterocycles. The molecule has 1 aliphatic carbocycles. The van der Waals surface area contributed by atoms with Gasteiger partial charge in [-0.05, 0) is 24.2 Å². The molecule has 1 atom stereocenters. The highest BCUT2D eigenvalue weighted by molar-refractivity contribution is 7.14. The molecule has 1 aromatic heterocycles. The zero-order valence-corrected chi connectivity index (χ0v) is 14.2. The van der Waals surface area contributed by atoms with Gasteiger partial charge < -0.3 is 4.74 Å². The molecule has 0 spiro atoms. The Kier molecular flexibility index (Phi) is 4.09. The fraction of sp³-hybridized carbons (Fsp3) is 0.750. The average Bonchev–Trinajstić information content (AvgIpc) is 2.65. The summed E-state index contributed by atoms with van der Waals surface area (Å²) >= 11 is 1.53. The number of carbonyl (C=O) groups excluding carboxylic acids is 1. The number of hydrogen-bond donors (Lipinski definition) is 0. The molecule has 3 nitrogen and oxygen atoms in total. The molecule has 0 aromatic carbocycles. The molecule has 0 bridgehead atoms. The molecule has 2 rings (SSSR count). The van der Waals surface area contributed by atoms with Gasteiger partial charge in [-0.1, -0.05) is 34.6 Å². The van der Waals surface area contributed by atoms with Crippen molar-refractivity contribution in [3.05, 3.63) is 15.6 Å². The minimum absolute atomic E-state index is 0.0188. The van der Waals surface area contributed by atoms with E-state index in [4.69, 9.17) is 9.72 Å². The highest BCUT2D eigenvalue weighted by atomic mass is 32.1. The first-order chi connectivity index (χ1) is 9.14. The largest absolute Gasteiger partial charge is 0.371 e. The lowest BCUT2D eigenvalue weighted by Gasteiger charge is -2.28. The Hall–Kier alpha value is -0.740. The Bertz CT molecular complexity index is 511. The Morgan fingerprint density at radius 3 is 2.55 bits per heavy atom. The van der Waals surface area contributed by atoms with Gasteiger partial charge in [0.05, 0.1) is 10.6 Å². The lowest BCUT2D eigenvalue weighted by molar-refractivity contribution is -0.0134. The number of hydrogen-bond acceptors (Lipinski definition) is 4. The summed E-state index contributed by atoms with van der Waals surface area (Å²) in [5, 5.41) is 0.954. The third kappa shape index (κ3) is 3.12. The van der Waals surface area contributed by atoms with Crippen LogP contribution >= 0.6 is 11.3 Å². The first-order valence-corrected chi connectivity index (χ1v) is 8.10. The van der Waals surface area contributed by atoms with Crippen LogP contribution in [-0.4, -0.2) is 17.4 Å². The van der Waals surface area contributed by atoms with Crippen LogP contribution in [0.4, 0.5) is 0 Å². The fourth-order valence-corrected chi connectivity index (χ4v) is 4.02. The normalized spacial score (nSPS) is 19.8. The van der Waals surface area contributed by atoms with Gasteiger partial charge in [0.15, 0.2) is 5.78 Å². The third-order valence-electron chi connectivity index (χ3n) is 3.60. The van der Waals surface area contributed by atoms with Crippen LogP contribution in [-0.2, 0) is 11.2 Å². The van der Waals surface area contributed by atoms with E-state index in [1.807, 2.05) is 6.92 Å². The van der Waals surface area contributed by atoms with Crippen molar-refractivity contribution in [3.63, 3.8) is 0 Å². The van der Waals surface area contributed by atoms with E-state index in [9.17, 15) is 4.79 Å². The highest BCUT2D eigenvalue weighted by Crippen LogP contribution is 2.42. The van der Waals surface area contributed by atoms with Crippen molar-refractivity contribution in [2.24, 2.45) is 10.8 Å². The molecular formula is C16H25NO2S. The summed E-state index contributed by atoms with van der Waals surface area (Å²) in [6, 6.07) is 0.